The lowest BCUT2D eigenvalue weighted by atomic mass is 10.3. The Bertz CT molecular complexity index is 775. The first kappa shape index (κ1) is 15.7. The molecule has 0 aromatic carbocycles. The van der Waals surface area contributed by atoms with Crippen molar-refractivity contribution in [3.05, 3.63) is 51.0 Å². The van der Waals surface area contributed by atoms with Gasteiger partial charge >= 0.3 is 0 Å². The zero-order valence-corrected chi connectivity index (χ0v) is 14.1. The number of amides is 1. The van der Waals surface area contributed by atoms with Crippen molar-refractivity contribution in [2.24, 2.45) is 7.05 Å². The predicted octanol–water partition coefficient (Wildman–Crippen LogP) is 1.23. The molecule has 0 bridgehead atoms. The summed E-state index contributed by atoms with van der Waals surface area (Å²) in [5.74, 6) is 0.336. The number of carbonyl (C=O) groups excluding carboxylic acids is 1. The Balaban J connectivity index is 1.64. The molecule has 0 spiro atoms. The molecule has 7 nitrogen and oxygen atoms in total. The lowest BCUT2D eigenvalue weighted by Gasteiger charge is -2.16. The molecule has 0 N–H and O–H groups in total. The Kier molecular flexibility index (Phi) is 4.42. The largest absolute Gasteiger partial charge is 0.472 e. The molecule has 1 aliphatic rings. The van der Waals surface area contributed by atoms with E-state index in [-0.39, 0.29) is 23.3 Å². The van der Waals surface area contributed by atoms with Gasteiger partial charge in [-0.15, -0.1) is 0 Å². The molecule has 1 unspecified atom stereocenters. The van der Waals surface area contributed by atoms with Crippen molar-refractivity contribution >= 4 is 21.8 Å². The number of rotatable bonds is 3. The minimum Gasteiger partial charge on any atom is -0.472 e. The first-order valence-electron chi connectivity index (χ1n) is 7.15. The molecule has 2 aromatic rings. The number of carbonyl (C=O) groups is 1. The Morgan fingerprint density at radius 2 is 2.17 bits per heavy atom. The zero-order chi connectivity index (χ0) is 16.4. The number of aromatic nitrogens is 3. The van der Waals surface area contributed by atoms with Crippen molar-refractivity contribution in [2.75, 3.05) is 13.1 Å². The molecule has 8 heteroatoms. The molecule has 1 amide bonds. The highest BCUT2D eigenvalue weighted by Gasteiger charge is 2.29. The van der Waals surface area contributed by atoms with Gasteiger partial charge in [0.2, 0.25) is 5.88 Å². The first-order valence-corrected chi connectivity index (χ1v) is 7.94. The van der Waals surface area contributed by atoms with Crippen LogP contribution in [0.2, 0.25) is 0 Å². The molecule has 1 fully saturated rings. The Morgan fingerprint density at radius 1 is 1.35 bits per heavy atom. The standard InChI is InChI=1S/C15H15BrN4O3/c1-19-14(21)5-3-12(18-19)15(22)20-7-6-11(9-20)23-13-4-2-10(16)8-17-13/h2-5,8,11H,6-7,9H2,1H3. The van der Waals surface area contributed by atoms with Gasteiger partial charge in [0.05, 0.1) is 6.54 Å². The quantitative estimate of drug-likeness (QED) is 0.802. The molecule has 2 aromatic heterocycles. The van der Waals surface area contributed by atoms with Gasteiger partial charge in [0.1, 0.15) is 11.8 Å². The van der Waals surface area contributed by atoms with Crippen LogP contribution in [0.1, 0.15) is 16.9 Å². The van der Waals surface area contributed by atoms with Gasteiger partial charge in [-0.25, -0.2) is 9.67 Å². The Labute approximate surface area is 141 Å². The summed E-state index contributed by atoms with van der Waals surface area (Å²) in [5, 5.41) is 3.99. The molecular weight excluding hydrogens is 364 g/mol. The summed E-state index contributed by atoms with van der Waals surface area (Å²) in [6.07, 6.45) is 2.30. The average molecular weight is 379 g/mol. The van der Waals surface area contributed by atoms with Gasteiger partial charge in [0, 0.05) is 42.8 Å². The third-order valence-electron chi connectivity index (χ3n) is 3.60. The molecule has 3 heterocycles. The summed E-state index contributed by atoms with van der Waals surface area (Å²) >= 11 is 3.32. The minimum atomic E-state index is -0.245. The summed E-state index contributed by atoms with van der Waals surface area (Å²) in [7, 11) is 1.52. The normalized spacial score (nSPS) is 17.3. The average Bonchev–Trinajstić information content (AvgIpc) is 3.00. The molecule has 1 aliphatic heterocycles. The van der Waals surface area contributed by atoms with Crippen molar-refractivity contribution in [2.45, 2.75) is 12.5 Å². The van der Waals surface area contributed by atoms with E-state index in [0.717, 1.165) is 15.6 Å². The number of hydrogen-bond acceptors (Lipinski definition) is 5. The number of nitrogens with zero attached hydrogens (tertiary/aromatic N) is 4. The first-order chi connectivity index (χ1) is 11.0. The van der Waals surface area contributed by atoms with Gasteiger partial charge in [-0.1, -0.05) is 0 Å². The smallest absolute Gasteiger partial charge is 0.274 e. The van der Waals surface area contributed by atoms with Crippen LogP contribution in [0.15, 0.2) is 39.7 Å². The third-order valence-corrected chi connectivity index (χ3v) is 4.07. The van der Waals surface area contributed by atoms with Crippen LogP contribution in [0.25, 0.3) is 0 Å². The summed E-state index contributed by atoms with van der Waals surface area (Å²) in [5.41, 5.74) is 0.0139. The van der Waals surface area contributed by atoms with E-state index in [0.29, 0.717) is 19.0 Å². The lowest BCUT2D eigenvalue weighted by Crippen LogP contribution is -2.33. The summed E-state index contributed by atoms with van der Waals surface area (Å²) in [6, 6.07) is 6.43. The van der Waals surface area contributed by atoms with Crippen molar-refractivity contribution < 1.29 is 9.53 Å². The number of halogens is 1. The second-order valence-electron chi connectivity index (χ2n) is 5.27. The fourth-order valence-corrected chi connectivity index (χ4v) is 2.62. The number of aryl methyl sites for hydroxylation is 1. The topological polar surface area (TPSA) is 77.3 Å². The van der Waals surface area contributed by atoms with Crippen LogP contribution >= 0.6 is 15.9 Å². The van der Waals surface area contributed by atoms with E-state index < -0.39 is 0 Å². The molecule has 0 aliphatic carbocycles. The molecule has 120 valence electrons. The van der Waals surface area contributed by atoms with Crippen molar-refractivity contribution in [3.63, 3.8) is 0 Å². The second kappa shape index (κ2) is 6.49. The van der Waals surface area contributed by atoms with Crippen LogP contribution in [0.5, 0.6) is 5.88 Å². The highest BCUT2D eigenvalue weighted by atomic mass is 79.9. The molecule has 0 radical (unpaired) electrons. The SMILES string of the molecule is Cn1nc(C(=O)N2CCC(Oc3ccc(Br)cn3)C2)ccc1=O. The maximum Gasteiger partial charge on any atom is 0.274 e. The van der Waals surface area contributed by atoms with Gasteiger partial charge in [-0.3, -0.25) is 9.59 Å². The van der Waals surface area contributed by atoms with E-state index in [1.807, 2.05) is 6.07 Å². The molecule has 3 rings (SSSR count). The van der Waals surface area contributed by atoms with Crippen molar-refractivity contribution in [3.8, 4) is 5.88 Å². The highest BCUT2D eigenvalue weighted by molar-refractivity contribution is 9.10. The maximum absolute atomic E-state index is 12.4. The van der Waals surface area contributed by atoms with Crippen molar-refractivity contribution in [1.82, 2.24) is 19.7 Å². The van der Waals surface area contributed by atoms with Gasteiger partial charge in [-0.2, -0.15) is 5.10 Å². The van der Waals surface area contributed by atoms with E-state index in [9.17, 15) is 9.59 Å². The fourth-order valence-electron chi connectivity index (χ4n) is 2.39. The van der Waals surface area contributed by atoms with E-state index in [2.05, 4.69) is 26.0 Å². The summed E-state index contributed by atoms with van der Waals surface area (Å²) in [4.78, 5) is 29.6. The molecule has 1 saturated heterocycles. The predicted molar refractivity (Wildman–Crippen MR) is 86.4 cm³/mol. The van der Waals surface area contributed by atoms with E-state index in [1.165, 1.54) is 19.2 Å². The molecule has 1 atom stereocenters. The fraction of sp³-hybridized carbons (Fsp3) is 0.333. The van der Waals surface area contributed by atoms with Crippen LogP contribution in [-0.4, -0.2) is 44.8 Å². The Morgan fingerprint density at radius 3 is 2.87 bits per heavy atom. The number of likely N-dealkylation sites (tertiary alicyclic amines) is 1. The molecule has 23 heavy (non-hydrogen) atoms. The van der Waals surface area contributed by atoms with Crippen molar-refractivity contribution in [1.29, 1.82) is 0 Å². The zero-order valence-electron chi connectivity index (χ0n) is 12.5. The van der Waals surface area contributed by atoms with Crippen LogP contribution in [0.3, 0.4) is 0 Å². The number of hydrogen-bond donors (Lipinski definition) is 0. The maximum atomic E-state index is 12.4. The van der Waals surface area contributed by atoms with Crippen LogP contribution in [-0.2, 0) is 7.05 Å². The van der Waals surface area contributed by atoms with E-state index >= 15 is 0 Å². The van der Waals surface area contributed by atoms with Gasteiger partial charge in [0.15, 0.2) is 0 Å². The van der Waals surface area contributed by atoms with Crippen LogP contribution in [0.4, 0.5) is 0 Å². The molecular formula is C15H15BrN4O3. The summed E-state index contributed by atoms with van der Waals surface area (Å²) in [6.45, 7) is 1.06. The van der Waals surface area contributed by atoms with Crippen LogP contribution in [0, 0.1) is 0 Å². The van der Waals surface area contributed by atoms with E-state index in [1.54, 1.807) is 17.2 Å². The number of ether oxygens (including phenoxy) is 1. The lowest BCUT2D eigenvalue weighted by molar-refractivity contribution is 0.0763. The van der Waals surface area contributed by atoms with Crippen LogP contribution < -0.4 is 10.3 Å². The van der Waals surface area contributed by atoms with E-state index in [4.69, 9.17) is 4.74 Å². The monoisotopic (exact) mass is 378 g/mol. The third kappa shape index (κ3) is 3.58. The Hall–Kier alpha value is -2.22. The van der Waals surface area contributed by atoms with Gasteiger partial charge in [-0.05, 0) is 28.1 Å². The minimum absolute atomic E-state index is 0.0971. The molecule has 0 saturated carbocycles. The van der Waals surface area contributed by atoms with Gasteiger partial charge < -0.3 is 9.64 Å². The van der Waals surface area contributed by atoms with Gasteiger partial charge in [0.25, 0.3) is 11.5 Å². The second-order valence-corrected chi connectivity index (χ2v) is 6.19. The summed E-state index contributed by atoms with van der Waals surface area (Å²) < 4.78 is 7.83. The highest BCUT2D eigenvalue weighted by Crippen LogP contribution is 2.19. The number of pyridine rings is 1.